The second-order valence-corrected chi connectivity index (χ2v) is 9.27. The maximum absolute atomic E-state index is 12.6. The lowest BCUT2D eigenvalue weighted by molar-refractivity contribution is 0.0977. The van der Waals surface area contributed by atoms with Crippen LogP contribution < -0.4 is 15.4 Å². The van der Waals surface area contributed by atoms with Gasteiger partial charge in [0.05, 0.1) is 11.5 Å². The summed E-state index contributed by atoms with van der Waals surface area (Å²) in [6, 6.07) is 13.2. The molecule has 160 valence electrons. The lowest BCUT2D eigenvalue weighted by atomic mass is 10.2. The highest BCUT2D eigenvalue weighted by Crippen LogP contribution is 2.22. The molecule has 1 aliphatic heterocycles. The average molecular weight is 448 g/mol. The summed E-state index contributed by atoms with van der Waals surface area (Å²) in [5.41, 5.74) is 1.01. The van der Waals surface area contributed by atoms with Crippen LogP contribution in [0.1, 0.15) is 36.5 Å². The van der Waals surface area contributed by atoms with Crippen LogP contribution in [0.2, 0.25) is 0 Å². The van der Waals surface area contributed by atoms with E-state index >= 15 is 0 Å². The summed E-state index contributed by atoms with van der Waals surface area (Å²) in [7, 11) is -3.46. The Labute approximate surface area is 182 Å². The summed E-state index contributed by atoms with van der Waals surface area (Å²) in [5, 5.41) is 5.64. The van der Waals surface area contributed by atoms with Crippen molar-refractivity contribution in [3.63, 3.8) is 0 Å². The highest BCUT2D eigenvalue weighted by atomic mass is 32.2. The monoisotopic (exact) mass is 447 g/mol. The van der Waals surface area contributed by atoms with Crippen molar-refractivity contribution in [3.8, 4) is 5.75 Å². The molecule has 7 nitrogen and oxygen atoms in total. The molecule has 0 radical (unpaired) electrons. The molecule has 0 saturated carbocycles. The summed E-state index contributed by atoms with van der Waals surface area (Å²) in [6.45, 7) is 3.70. The molecule has 3 rings (SSSR count). The molecule has 0 unspecified atom stereocenters. The van der Waals surface area contributed by atoms with Crippen LogP contribution in [-0.4, -0.2) is 43.4 Å². The molecule has 0 atom stereocenters. The van der Waals surface area contributed by atoms with Crippen LogP contribution in [0.15, 0.2) is 53.4 Å². The molecule has 9 heteroatoms. The number of carbonyl (C=O) groups is 1. The van der Waals surface area contributed by atoms with Crippen LogP contribution in [0.5, 0.6) is 5.75 Å². The SMILES string of the molecule is CCCOc1cccc(C(=O)NC(=S)Nc2ccc(S(=O)(=O)N3CCCC3)cc2)c1. The molecule has 0 bridgehead atoms. The quantitative estimate of drug-likeness (QED) is 0.633. The minimum Gasteiger partial charge on any atom is -0.494 e. The molecule has 30 heavy (non-hydrogen) atoms. The first-order chi connectivity index (χ1) is 14.4. The number of rotatable bonds is 7. The summed E-state index contributed by atoms with van der Waals surface area (Å²) < 4.78 is 32.2. The molecule has 2 aromatic rings. The number of nitrogens with one attached hydrogen (secondary N) is 2. The predicted octanol–water partition coefficient (Wildman–Crippen LogP) is 3.39. The Morgan fingerprint density at radius 2 is 1.83 bits per heavy atom. The molecule has 1 amide bonds. The van der Waals surface area contributed by atoms with Crippen molar-refractivity contribution in [2.75, 3.05) is 25.0 Å². The highest BCUT2D eigenvalue weighted by molar-refractivity contribution is 7.89. The Bertz CT molecular complexity index is 1000. The Balaban J connectivity index is 1.59. The minimum atomic E-state index is -3.46. The summed E-state index contributed by atoms with van der Waals surface area (Å²) in [6.07, 6.45) is 2.66. The molecule has 1 aliphatic rings. The smallest absolute Gasteiger partial charge is 0.257 e. The second kappa shape index (κ2) is 10.0. The van der Waals surface area contributed by atoms with Crippen molar-refractivity contribution in [3.05, 3.63) is 54.1 Å². The van der Waals surface area contributed by atoms with Crippen LogP contribution >= 0.6 is 12.2 Å². The number of anilines is 1. The van der Waals surface area contributed by atoms with E-state index in [-0.39, 0.29) is 15.9 Å². The lowest BCUT2D eigenvalue weighted by Gasteiger charge is -2.16. The molecular weight excluding hydrogens is 422 g/mol. The number of carbonyl (C=O) groups excluding carboxylic acids is 1. The Morgan fingerprint density at radius 1 is 1.13 bits per heavy atom. The molecule has 2 aromatic carbocycles. The number of nitrogens with zero attached hydrogens (tertiary/aromatic N) is 1. The van der Waals surface area contributed by atoms with Gasteiger partial charge >= 0.3 is 0 Å². The molecule has 1 heterocycles. The number of sulfonamides is 1. The van der Waals surface area contributed by atoms with E-state index in [1.54, 1.807) is 36.4 Å². The van der Waals surface area contributed by atoms with E-state index < -0.39 is 10.0 Å². The molecule has 0 aromatic heterocycles. The number of thiocarbonyl (C=S) groups is 1. The van der Waals surface area contributed by atoms with Crippen LogP contribution in [-0.2, 0) is 10.0 Å². The van der Waals surface area contributed by atoms with Gasteiger partial charge in [-0.1, -0.05) is 13.0 Å². The average Bonchev–Trinajstić information content (AvgIpc) is 3.28. The van der Waals surface area contributed by atoms with E-state index in [0.29, 0.717) is 36.7 Å². The Morgan fingerprint density at radius 3 is 2.50 bits per heavy atom. The third kappa shape index (κ3) is 5.56. The maximum atomic E-state index is 12.6. The fraction of sp³-hybridized carbons (Fsp3) is 0.333. The highest BCUT2D eigenvalue weighted by Gasteiger charge is 2.26. The van der Waals surface area contributed by atoms with Gasteiger partial charge in [0.1, 0.15) is 5.75 Å². The summed E-state index contributed by atoms with van der Waals surface area (Å²) >= 11 is 5.21. The number of benzene rings is 2. The third-order valence-electron chi connectivity index (χ3n) is 4.61. The second-order valence-electron chi connectivity index (χ2n) is 6.92. The van der Waals surface area contributed by atoms with Gasteiger partial charge < -0.3 is 10.1 Å². The molecule has 0 spiro atoms. The van der Waals surface area contributed by atoms with Crippen molar-refractivity contribution in [2.24, 2.45) is 0 Å². The molecular formula is C21H25N3O4S2. The summed E-state index contributed by atoms with van der Waals surface area (Å²) in [5.74, 6) is 0.265. The first-order valence-electron chi connectivity index (χ1n) is 9.85. The van der Waals surface area contributed by atoms with Gasteiger partial charge in [-0.2, -0.15) is 4.31 Å². The topological polar surface area (TPSA) is 87.7 Å². The fourth-order valence-corrected chi connectivity index (χ4v) is 4.80. The van der Waals surface area contributed by atoms with E-state index in [4.69, 9.17) is 17.0 Å². The van der Waals surface area contributed by atoms with E-state index in [1.807, 2.05) is 6.92 Å². The number of hydrogen-bond donors (Lipinski definition) is 2. The fourth-order valence-electron chi connectivity index (χ4n) is 3.07. The van der Waals surface area contributed by atoms with E-state index in [1.165, 1.54) is 16.4 Å². The number of ether oxygens (including phenoxy) is 1. The first-order valence-corrected chi connectivity index (χ1v) is 11.7. The number of hydrogen-bond acceptors (Lipinski definition) is 5. The molecule has 1 saturated heterocycles. The van der Waals surface area contributed by atoms with Crippen LogP contribution in [0.3, 0.4) is 0 Å². The summed E-state index contributed by atoms with van der Waals surface area (Å²) in [4.78, 5) is 12.7. The standard InChI is InChI=1S/C21H25N3O4S2/c1-2-14-28-18-7-5-6-16(15-18)20(25)23-21(29)22-17-8-10-19(11-9-17)30(26,27)24-12-3-4-13-24/h5-11,15H,2-4,12-14H2,1H3,(H2,22,23,25,29). The van der Waals surface area contributed by atoms with Gasteiger partial charge in [-0.25, -0.2) is 8.42 Å². The van der Waals surface area contributed by atoms with Gasteiger partial charge in [0.2, 0.25) is 10.0 Å². The third-order valence-corrected chi connectivity index (χ3v) is 6.73. The van der Waals surface area contributed by atoms with Crippen molar-refractivity contribution >= 4 is 38.9 Å². The van der Waals surface area contributed by atoms with Crippen molar-refractivity contribution < 1.29 is 17.9 Å². The van der Waals surface area contributed by atoms with Gasteiger partial charge in [-0.15, -0.1) is 0 Å². The van der Waals surface area contributed by atoms with Gasteiger partial charge in [-0.3, -0.25) is 10.1 Å². The largest absolute Gasteiger partial charge is 0.494 e. The van der Waals surface area contributed by atoms with Gasteiger partial charge in [0.25, 0.3) is 5.91 Å². The first kappa shape index (κ1) is 22.2. The Kier molecular flexibility index (Phi) is 7.41. The lowest BCUT2D eigenvalue weighted by Crippen LogP contribution is -2.34. The zero-order chi connectivity index (χ0) is 21.6. The normalized spacial score (nSPS) is 14.3. The van der Waals surface area contributed by atoms with E-state index in [9.17, 15) is 13.2 Å². The zero-order valence-electron chi connectivity index (χ0n) is 16.8. The van der Waals surface area contributed by atoms with E-state index in [2.05, 4.69) is 10.6 Å². The van der Waals surface area contributed by atoms with Crippen LogP contribution in [0, 0.1) is 0 Å². The Hall–Kier alpha value is -2.49. The van der Waals surface area contributed by atoms with Crippen LogP contribution in [0.25, 0.3) is 0 Å². The van der Waals surface area contributed by atoms with Gasteiger partial charge in [0.15, 0.2) is 5.11 Å². The minimum absolute atomic E-state index is 0.120. The van der Waals surface area contributed by atoms with Crippen LogP contribution in [0.4, 0.5) is 5.69 Å². The molecule has 1 fully saturated rings. The van der Waals surface area contributed by atoms with E-state index in [0.717, 1.165) is 19.3 Å². The van der Waals surface area contributed by atoms with Crippen molar-refractivity contribution in [1.29, 1.82) is 0 Å². The van der Waals surface area contributed by atoms with Gasteiger partial charge in [-0.05, 0) is 73.9 Å². The predicted molar refractivity (Wildman–Crippen MR) is 120 cm³/mol. The zero-order valence-corrected chi connectivity index (χ0v) is 18.4. The van der Waals surface area contributed by atoms with Gasteiger partial charge in [0, 0.05) is 24.3 Å². The van der Waals surface area contributed by atoms with Crippen molar-refractivity contribution in [1.82, 2.24) is 9.62 Å². The molecule has 2 N–H and O–H groups in total. The number of amides is 1. The maximum Gasteiger partial charge on any atom is 0.257 e. The van der Waals surface area contributed by atoms with Crippen molar-refractivity contribution in [2.45, 2.75) is 31.1 Å². The molecule has 0 aliphatic carbocycles.